The van der Waals surface area contributed by atoms with Gasteiger partial charge < -0.3 is 56.8 Å². The molecule has 41 heavy (non-hydrogen) atoms. The number of ether oxygens (including phenoxy) is 12. The van der Waals surface area contributed by atoms with Gasteiger partial charge in [0.05, 0.1) is 151 Å². The van der Waals surface area contributed by atoms with E-state index in [4.69, 9.17) is 56.8 Å². The maximum Gasteiger partial charge on any atom is 0.0703 e. The van der Waals surface area contributed by atoms with Crippen molar-refractivity contribution in [3.8, 4) is 0 Å². The van der Waals surface area contributed by atoms with Crippen molar-refractivity contribution in [2.75, 3.05) is 152 Å². The monoisotopic (exact) mass is 600 g/mol. The van der Waals surface area contributed by atoms with Gasteiger partial charge in [-0.1, -0.05) is 13.3 Å². The molecule has 0 radical (unpaired) electrons. The summed E-state index contributed by atoms with van der Waals surface area (Å²) in [5.74, 6) is 0. The zero-order chi connectivity index (χ0) is 29.7. The van der Waals surface area contributed by atoms with Crippen LogP contribution in [0.5, 0.6) is 0 Å². The Labute approximate surface area is 248 Å². The highest BCUT2D eigenvalue weighted by atomic mass is 16.6. The summed E-state index contributed by atoms with van der Waals surface area (Å²) in [6.45, 7) is 19.0. The minimum Gasteiger partial charge on any atom is -0.379 e. The molecule has 0 saturated carbocycles. The molecule has 0 aliphatic carbocycles. The van der Waals surface area contributed by atoms with E-state index in [1.807, 2.05) is 13.8 Å². The summed E-state index contributed by atoms with van der Waals surface area (Å²) in [4.78, 5) is 0. The number of unbranched alkanes of at least 4 members (excludes halogenated alkanes) is 1. The van der Waals surface area contributed by atoms with E-state index in [2.05, 4.69) is 6.92 Å². The molecule has 0 unspecified atom stereocenters. The van der Waals surface area contributed by atoms with Crippen LogP contribution < -0.4 is 0 Å². The summed E-state index contributed by atoms with van der Waals surface area (Å²) in [5.41, 5.74) is 0. The van der Waals surface area contributed by atoms with E-state index < -0.39 is 0 Å². The third-order valence-electron chi connectivity index (χ3n) is 5.04. The van der Waals surface area contributed by atoms with Gasteiger partial charge in [0.1, 0.15) is 0 Å². The fraction of sp³-hybridized carbons (Fsp3) is 1.00. The van der Waals surface area contributed by atoms with E-state index in [-0.39, 0.29) is 6.10 Å². The van der Waals surface area contributed by atoms with Crippen LogP contribution in [0.2, 0.25) is 0 Å². The molecule has 12 nitrogen and oxygen atoms in total. The van der Waals surface area contributed by atoms with Crippen LogP contribution in [-0.2, 0) is 56.8 Å². The average molecular weight is 601 g/mol. The predicted octanol–water partition coefficient (Wildman–Crippen LogP) is 2.39. The molecule has 12 heteroatoms. The molecule has 0 aliphatic heterocycles. The molecule has 0 rings (SSSR count). The van der Waals surface area contributed by atoms with Crippen LogP contribution in [0, 0.1) is 0 Å². The average Bonchev–Trinajstić information content (AvgIpc) is 2.97. The highest BCUT2D eigenvalue weighted by Gasteiger charge is 1.97. The van der Waals surface area contributed by atoms with Crippen LogP contribution in [-0.4, -0.2) is 158 Å². The van der Waals surface area contributed by atoms with Crippen molar-refractivity contribution in [3.05, 3.63) is 0 Å². The second kappa shape index (κ2) is 37.5. The van der Waals surface area contributed by atoms with Crippen LogP contribution in [0.15, 0.2) is 0 Å². The zero-order valence-electron chi connectivity index (χ0n) is 26.2. The third kappa shape index (κ3) is 39.5. The Kier molecular flexibility index (Phi) is 37.1. The Morgan fingerprint density at radius 1 is 0.293 bits per heavy atom. The van der Waals surface area contributed by atoms with Gasteiger partial charge in [-0.05, 0) is 20.3 Å². The first-order valence-electron chi connectivity index (χ1n) is 15.2. The molecule has 0 heterocycles. The summed E-state index contributed by atoms with van der Waals surface area (Å²) in [6.07, 6.45) is 2.48. The maximum atomic E-state index is 5.47. The minimum absolute atomic E-state index is 0.234. The molecule has 0 aromatic heterocycles. The normalized spacial score (nSPS) is 11.7. The molecule has 248 valence electrons. The van der Waals surface area contributed by atoms with E-state index in [1.165, 1.54) is 0 Å². The Bertz CT molecular complexity index is 460. The molecule has 0 aliphatic rings. The van der Waals surface area contributed by atoms with Crippen LogP contribution in [0.3, 0.4) is 0 Å². The first kappa shape index (κ1) is 40.5. The second-order valence-electron chi connectivity index (χ2n) is 9.01. The van der Waals surface area contributed by atoms with Crippen molar-refractivity contribution in [2.45, 2.75) is 39.7 Å². The van der Waals surface area contributed by atoms with E-state index in [0.717, 1.165) is 19.4 Å². The molecular weight excluding hydrogens is 540 g/mol. The molecule has 0 aromatic rings. The Morgan fingerprint density at radius 2 is 0.488 bits per heavy atom. The highest BCUT2D eigenvalue weighted by Crippen LogP contribution is 1.90. The van der Waals surface area contributed by atoms with Gasteiger partial charge in [-0.2, -0.15) is 0 Å². The van der Waals surface area contributed by atoms with Crippen LogP contribution in [0.4, 0.5) is 0 Å². The molecule has 0 N–H and O–H groups in total. The van der Waals surface area contributed by atoms with Crippen molar-refractivity contribution < 1.29 is 56.8 Å². The zero-order valence-corrected chi connectivity index (χ0v) is 26.2. The van der Waals surface area contributed by atoms with Gasteiger partial charge in [0, 0.05) is 6.61 Å². The van der Waals surface area contributed by atoms with Crippen molar-refractivity contribution in [3.63, 3.8) is 0 Å². The summed E-state index contributed by atoms with van der Waals surface area (Å²) >= 11 is 0. The van der Waals surface area contributed by atoms with Crippen LogP contribution in [0.1, 0.15) is 33.6 Å². The molecular formula is C29H60O12. The number of rotatable bonds is 37. The van der Waals surface area contributed by atoms with E-state index in [1.54, 1.807) is 0 Å². The van der Waals surface area contributed by atoms with E-state index in [9.17, 15) is 0 Å². The largest absolute Gasteiger partial charge is 0.379 e. The van der Waals surface area contributed by atoms with Gasteiger partial charge in [-0.15, -0.1) is 0 Å². The quantitative estimate of drug-likeness (QED) is 0.0977. The molecule has 0 bridgehead atoms. The molecule has 0 amide bonds. The first-order chi connectivity index (χ1) is 20.3. The Hall–Kier alpha value is -0.480. The molecule has 0 atom stereocenters. The number of hydrogen-bond donors (Lipinski definition) is 0. The van der Waals surface area contributed by atoms with Crippen molar-refractivity contribution in [2.24, 2.45) is 0 Å². The van der Waals surface area contributed by atoms with Crippen molar-refractivity contribution in [1.29, 1.82) is 0 Å². The smallest absolute Gasteiger partial charge is 0.0703 e. The lowest BCUT2D eigenvalue weighted by Crippen LogP contribution is -2.15. The third-order valence-corrected chi connectivity index (χ3v) is 5.04. The van der Waals surface area contributed by atoms with E-state index in [0.29, 0.717) is 145 Å². The number of hydrogen-bond acceptors (Lipinski definition) is 12. The van der Waals surface area contributed by atoms with Gasteiger partial charge >= 0.3 is 0 Å². The summed E-state index contributed by atoms with van der Waals surface area (Å²) in [6, 6.07) is 0. The summed E-state index contributed by atoms with van der Waals surface area (Å²) in [5, 5.41) is 0. The second-order valence-corrected chi connectivity index (χ2v) is 9.01. The lowest BCUT2D eigenvalue weighted by Gasteiger charge is -2.09. The Morgan fingerprint density at radius 3 is 0.683 bits per heavy atom. The lowest BCUT2D eigenvalue weighted by atomic mass is 10.4. The highest BCUT2D eigenvalue weighted by molar-refractivity contribution is 4.40. The standard InChI is InChI=1S/C29H60O12/c1-4-5-6-30-7-8-31-9-10-32-11-12-33-13-14-34-15-16-35-17-18-36-19-20-37-21-22-38-23-24-39-25-26-40-27-28-41-29(2)3/h29H,4-28H2,1-3H3. The lowest BCUT2D eigenvalue weighted by molar-refractivity contribution is -0.0293. The van der Waals surface area contributed by atoms with Gasteiger partial charge in [0.15, 0.2) is 0 Å². The molecule has 0 aromatic carbocycles. The molecule has 0 spiro atoms. The van der Waals surface area contributed by atoms with Gasteiger partial charge in [0.25, 0.3) is 0 Å². The van der Waals surface area contributed by atoms with Gasteiger partial charge in [-0.3, -0.25) is 0 Å². The van der Waals surface area contributed by atoms with Crippen molar-refractivity contribution in [1.82, 2.24) is 0 Å². The minimum atomic E-state index is 0.234. The topological polar surface area (TPSA) is 111 Å². The summed E-state index contributed by atoms with van der Waals surface area (Å²) in [7, 11) is 0. The molecule has 0 saturated heterocycles. The van der Waals surface area contributed by atoms with Gasteiger partial charge in [0.2, 0.25) is 0 Å². The van der Waals surface area contributed by atoms with E-state index >= 15 is 0 Å². The SMILES string of the molecule is CCCCOCCOCCOCCOCCOCCOCCOCCOCCOCCOCCOCCOC(C)C. The van der Waals surface area contributed by atoms with Crippen molar-refractivity contribution >= 4 is 0 Å². The Balaban J connectivity index is 3.03. The summed E-state index contributed by atoms with van der Waals surface area (Å²) < 4.78 is 65.3. The fourth-order valence-electron chi connectivity index (χ4n) is 2.89. The van der Waals surface area contributed by atoms with Crippen LogP contribution in [0.25, 0.3) is 0 Å². The first-order valence-corrected chi connectivity index (χ1v) is 15.2. The predicted molar refractivity (Wildman–Crippen MR) is 155 cm³/mol. The van der Waals surface area contributed by atoms with Gasteiger partial charge in [-0.25, -0.2) is 0 Å². The molecule has 0 fully saturated rings. The van der Waals surface area contributed by atoms with Crippen LogP contribution >= 0.6 is 0 Å². The fourth-order valence-corrected chi connectivity index (χ4v) is 2.89. The maximum absolute atomic E-state index is 5.47.